The van der Waals surface area contributed by atoms with Gasteiger partial charge in [-0.15, -0.1) is 0 Å². The van der Waals surface area contributed by atoms with E-state index in [1.807, 2.05) is 36.0 Å². The summed E-state index contributed by atoms with van der Waals surface area (Å²) in [6.45, 7) is 0. The van der Waals surface area contributed by atoms with Crippen molar-refractivity contribution in [2.24, 2.45) is 7.05 Å². The number of anilines is 2. The van der Waals surface area contributed by atoms with E-state index in [-0.39, 0.29) is 0 Å². The van der Waals surface area contributed by atoms with Gasteiger partial charge in [0.2, 0.25) is 5.95 Å². The lowest BCUT2D eigenvalue weighted by Gasteiger charge is -2.10. The Morgan fingerprint density at radius 1 is 1.44 bits per heavy atom. The molecule has 84 valence electrons. The molecule has 1 N–H and O–H groups in total. The standard InChI is InChI=1S/C11H12BrN3O/c1-15-6-5-13-11(15)14-9-7-8(12)3-4-10(9)16-2/h3-7H,1-2H3,(H,13,14). The van der Waals surface area contributed by atoms with Crippen LogP contribution in [0.1, 0.15) is 0 Å². The summed E-state index contributed by atoms with van der Waals surface area (Å²) >= 11 is 3.43. The Balaban J connectivity index is 2.33. The van der Waals surface area contributed by atoms with E-state index >= 15 is 0 Å². The number of hydrogen-bond acceptors (Lipinski definition) is 3. The first kappa shape index (κ1) is 11.0. The molecule has 0 aliphatic heterocycles. The average molecular weight is 282 g/mol. The molecule has 0 saturated heterocycles. The number of aromatic nitrogens is 2. The van der Waals surface area contributed by atoms with Crippen LogP contribution in [0.5, 0.6) is 5.75 Å². The van der Waals surface area contributed by atoms with Crippen molar-refractivity contribution in [3.05, 3.63) is 35.1 Å². The third-order valence-electron chi connectivity index (χ3n) is 2.23. The van der Waals surface area contributed by atoms with Crippen LogP contribution in [0, 0.1) is 0 Å². The molecule has 0 fully saturated rings. The number of ether oxygens (including phenoxy) is 1. The maximum absolute atomic E-state index is 5.27. The Labute approximate surface area is 102 Å². The number of benzene rings is 1. The molecule has 0 spiro atoms. The van der Waals surface area contributed by atoms with Crippen LogP contribution < -0.4 is 10.1 Å². The number of rotatable bonds is 3. The molecule has 0 aliphatic rings. The number of nitrogens with one attached hydrogen (secondary N) is 1. The van der Waals surface area contributed by atoms with Crippen LogP contribution in [0.2, 0.25) is 0 Å². The molecule has 1 heterocycles. The number of methoxy groups -OCH3 is 1. The van der Waals surface area contributed by atoms with Gasteiger partial charge in [0.1, 0.15) is 5.75 Å². The summed E-state index contributed by atoms with van der Waals surface area (Å²) in [4.78, 5) is 4.20. The molecule has 0 aliphatic carbocycles. The predicted molar refractivity (Wildman–Crippen MR) is 67.2 cm³/mol. The van der Waals surface area contributed by atoms with Crippen LogP contribution in [-0.2, 0) is 7.05 Å². The zero-order chi connectivity index (χ0) is 11.5. The molecular formula is C11H12BrN3O. The van der Waals surface area contributed by atoms with E-state index < -0.39 is 0 Å². The van der Waals surface area contributed by atoms with Crippen molar-refractivity contribution in [3.8, 4) is 5.75 Å². The molecular weight excluding hydrogens is 270 g/mol. The lowest BCUT2D eigenvalue weighted by atomic mass is 10.3. The van der Waals surface area contributed by atoms with E-state index in [4.69, 9.17) is 4.74 Å². The molecule has 0 unspecified atom stereocenters. The number of aryl methyl sites for hydroxylation is 1. The van der Waals surface area contributed by atoms with Crippen molar-refractivity contribution in [2.75, 3.05) is 12.4 Å². The molecule has 2 rings (SSSR count). The number of imidazole rings is 1. The minimum Gasteiger partial charge on any atom is -0.495 e. The second-order valence-corrected chi connectivity index (χ2v) is 4.25. The Bertz CT molecular complexity index is 496. The maximum atomic E-state index is 5.27. The molecule has 0 radical (unpaired) electrons. The highest BCUT2D eigenvalue weighted by Crippen LogP contribution is 2.29. The average Bonchev–Trinajstić information content (AvgIpc) is 2.65. The first-order chi connectivity index (χ1) is 7.70. The number of hydrogen-bond donors (Lipinski definition) is 1. The van der Waals surface area contributed by atoms with Gasteiger partial charge in [0.25, 0.3) is 0 Å². The lowest BCUT2D eigenvalue weighted by molar-refractivity contribution is 0.416. The van der Waals surface area contributed by atoms with Gasteiger partial charge in [0.05, 0.1) is 12.8 Å². The lowest BCUT2D eigenvalue weighted by Crippen LogP contribution is -2.00. The highest BCUT2D eigenvalue weighted by molar-refractivity contribution is 9.10. The molecule has 0 saturated carbocycles. The summed E-state index contributed by atoms with van der Waals surface area (Å²) in [5, 5.41) is 3.21. The van der Waals surface area contributed by atoms with Crippen LogP contribution in [0.4, 0.5) is 11.6 Å². The normalized spacial score (nSPS) is 10.2. The van der Waals surface area contributed by atoms with E-state index in [0.29, 0.717) is 0 Å². The highest BCUT2D eigenvalue weighted by atomic mass is 79.9. The summed E-state index contributed by atoms with van der Waals surface area (Å²) in [5.41, 5.74) is 0.881. The summed E-state index contributed by atoms with van der Waals surface area (Å²) in [7, 11) is 3.58. The second-order valence-electron chi connectivity index (χ2n) is 3.33. The summed E-state index contributed by atoms with van der Waals surface area (Å²) in [6.07, 6.45) is 3.62. The molecule has 4 nitrogen and oxygen atoms in total. The van der Waals surface area contributed by atoms with Crippen molar-refractivity contribution in [2.45, 2.75) is 0 Å². The van der Waals surface area contributed by atoms with Gasteiger partial charge < -0.3 is 14.6 Å². The van der Waals surface area contributed by atoms with E-state index in [1.54, 1.807) is 13.3 Å². The van der Waals surface area contributed by atoms with Crippen LogP contribution in [0.25, 0.3) is 0 Å². The first-order valence-corrected chi connectivity index (χ1v) is 5.58. The minimum absolute atomic E-state index is 0.774. The zero-order valence-corrected chi connectivity index (χ0v) is 10.7. The minimum atomic E-state index is 0.774. The van der Waals surface area contributed by atoms with Crippen molar-refractivity contribution in [1.29, 1.82) is 0 Å². The van der Waals surface area contributed by atoms with Crippen molar-refractivity contribution >= 4 is 27.6 Å². The molecule has 16 heavy (non-hydrogen) atoms. The van der Waals surface area contributed by atoms with Crippen LogP contribution >= 0.6 is 15.9 Å². The first-order valence-electron chi connectivity index (χ1n) is 4.78. The van der Waals surface area contributed by atoms with E-state index in [0.717, 1.165) is 21.9 Å². The summed E-state index contributed by atoms with van der Waals surface area (Å²) in [5.74, 6) is 1.56. The fraction of sp³-hybridized carbons (Fsp3) is 0.182. The summed E-state index contributed by atoms with van der Waals surface area (Å²) in [6, 6.07) is 5.78. The van der Waals surface area contributed by atoms with Crippen molar-refractivity contribution in [1.82, 2.24) is 9.55 Å². The molecule has 1 aromatic carbocycles. The monoisotopic (exact) mass is 281 g/mol. The SMILES string of the molecule is COc1ccc(Br)cc1Nc1nccn1C. The Kier molecular flexibility index (Phi) is 3.14. The van der Waals surface area contributed by atoms with Gasteiger partial charge in [-0.3, -0.25) is 0 Å². The Hall–Kier alpha value is -1.49. The largest absolute Gasteiger partial charge is 0.495 e. The third-order valence-corrected chi connectivity index (χ3v) is 2.72. The van der Waals surface area contributed by atoms with Gasteiger partial charge in [0, 0.05) is 23.9 Å². The molecule has 2 aromatic rings. The van der Waals surface area contributed by atoms with Crippen LogP contribution in [0.3, 0.4) is 0 Å². The van der Waals surface area contributed by atoms with E-state index in [9.17, 15) is 0 Å². The quantitative estimate of drug-likeness (QED) is 0.940. The molecule has 0 bridgehead atoms. The summed E-state index contributed by atoms with van der Waals surface area (Å²) < 4.78 is 8.16. The Morgan fingerprint density at radius 3 is 2.88 bits per heavy atom. The molecule has 5 heteroatoms. The second kappa shape index (κ2) is 4.57. The van der Waals surface area contributed by atoms with Gasteiger partial charge in [-0.1, -0.05) is 15.9 Å². The highest BCUT2D eigenvalue weighted by Gasteiger charge is 2.06. The topological polar surface area (TPSA) is 39.1 Å². The molecule has 0 atom stereocenters. The predicted octanol–water partition coefficient (Wildman–Crippen LogP) is 2.93. The smallest absolute Gasteiger partial charge is 0.207 e. The van der Waals surface area contributed by atoms with E-state index in [1.165, 1.54) is 0 Å². The van der Waals surface area contributed by atoms with E-state index in [2.05, 4.69) is 26.2 Å². The van der Waals surface area contributed by atoms with Crippen molar-refractivity contribution < 1.29 is 4.74 Å². The Morgan fingerprint density at radius 2 is 2.25 bits per heavy atom. The molecule has 0 amide bonds. The fourth-order valence-corrected chi connectivity index (χ4v) is 1.75. The number of halogens is 1. The number of nitrogens with zero attached hydrogens (tertiary/aromatic N) is 2. The van der Waals surface area contributed by atoms with Gasteiger partial charge in [-0.2, -0.15) is 0 Å². The van der Waals surface area contributed by atoms with Gasteiger partial charge >= 0.3 is 0 Å². The van der Waals surface area contributed by atoms with Crippen LogP contribution in [-0.4, -0.2) is 16.7 Å². The van der Waals surface area contributed by atoms with Gasteiger partial charge in [-0.25, -0.2) is 4.98 Å². The van der Waals surface area contributed by atoms with Gasteiger partial charge in [0.15, 0.2) is 0 Å². The fourth-order valence-electron chi connectivity index (χ4n) is 1.38. The maximum Gasteiger partial charge on any atom is 0.207 e. The molecule has 1 aromatic heterocycles. The van der Waals surface area contributed by atoms with Crippen molar-refractivity contribution in [3.63, 3.8) is 0 Å². The third kappa shape index (κ3) is 2.19. The van der Waals surface area contributed by atoms with Crippen LogP contribution in [0.15, 0.2) is 35.1 Å². The zero-order valence-electron chi connectivity index (χ0n) is 9.07. The van der Waals surface area contributed by atoms with Gasteiger partial charge in [-0.05, 0) is 18.2 Å².